The van der Waals surface area contributed by atoms with Gasteiger partial charge in [-0.2, -0.15) is 0 Å². The van der Waals surface area contributed by atoms with Gasteiger partial charge in [0.25, 0.3) is 0 Å². The maximum absolute atomic E-state index is 5.10. The molecule has 0 fully saturated rings. The van der Waals surface area contributed by atoms with Gasteiger partial charge in [0.05, 0.1) is 18.0 Å². The Morgan fingerprint density at radius 1 is 0.880 bits per heavy atom. The first kappa shape index (κ1) is 15.8. The molecule has 0 saturated heterocycles. The minimum Gasteiger partial charge on any atom is -0.232 e. The summed E-state index contributed by atoms with van der Waals surface area (Å²) in [5.74, 6) is 1.50. The van der Waals surface area contributed by atoms with Gasteiger partial charge in [-0.05, 0) is 52.5 Å². The highest BCUT2D eigenvalue weighted by Crippen LogP contribution is 2.30. The average molecular weight is 327 g/mol. The van der Waals surface area contributed by atoms with Gasteiger partial charge in [0.1, 0.15) is 6.20 Å². The zero-order valence-electron chi connectivity index (χ0n) is 15.2. The van der Waals surface area contributed by atoms with E-state index in [9.17, 15) is 0 Å². The number of rotatable bonds is 2. The van der Waals surface area contributed by atoms with E-state index in [0.717, 1.165) is 11.3 Å². The number of hydrogen-bond acceptors (Lipinski definition) is 1. The molecule has 2 heteroatoms. The topological polar surface area (TPSA) is 16.8 Å². The summed E-state index contributed by atoms with van der Waals surface area (Å²) < 4.78 is 2.13. The molecule has 124 valence electrons. The molecule has 0 saturated carbocycles. The quantitative estimate of drug-likeness (QED) is 0.360. The van der Waals surface area contributed by atoms with Gasteiger partial charge in [-0.15, -0.1) is 0 Å². The second-order valence-corrected chi connectivity index (χ2v) is 7.09. The van der Waals surface area contributed by atoms with Crippen LogP contribution in [0.15, 0.2) is 60.8 Å². The van der Waals surface area contributed by atoms with Gasteiger partial charge in [-0.25, -0.2) is 4.57 Å². The molecule has 0 atom stereocenters. The SMILES string of the molecule is Cc1ccccc1-c1nc2c(ccc3c(C(C)C)cccc32)c[n+]1C. The smallest absolute Gasteiger partial charge is 0.232 e. The van der Waals surface area contributed by atoms with Crippen LogP contribution in [0.2, 0.25) is 0 Å². The Hall–Kier alpha value is -2.74. The summed E-state index contributed by atoms with van der Waals surface area (Å²) in [5.41, 5.74) is 4.89. The molecule has 0 N–H and O–H groups in total. The molecule has 0 aliphatic carbocycles. The van der Waals surface area contributed by atoms with E-state index in [4.69, 9.17) is 4.98 Å². The minimum absolute atomic E-state index is 0.497. The van der Waals surface area contributed by atoms with Crippen LogP contribution < -0.4 is 4.57 Å². The summed E-state index contributed by atoms with van der Waals surface area (Å²) in [5, 5.41) is 3.72. The number of aromatic nitrogens is 2. The molecule has 4 rings (SSSR count). The van der Waals surface area contributed by atoms with Crippen LogP contribution in [0.1, 0.15) is 30.9 Å². The van der Waals surface area contributed by atoms with Crippen molar-refractivity contribution in [3.63, 3.8) is 0 Å². The Kier molecular flexibility index (Phi) is 3.76. The average Bonchev–Trinajstić information content (AvgIpc) is 2.61. The number of nitrogens with zero attached hydrogens (tertiary/aromatic N) is 2. The summed E-state index contributed by atoms with van der Waals surface area (Å²) in [6, 6.07) is 19.4. The molecule has 0 unspecified atom stereocenters. The maximum atomic E-state index is 5.10. The highest BCUT2D eigenvalue weighted by atomic mass is 15.0. The van der Waals surface area contributed by atoms with Crippen LogP contribution in [-0.2, 0) is 7.05 Å². The monoisotopic (exact) mass is 327 g/mol. The first-order chi connectivity index (χ1) is 12.1. The Morgan fingerprint density at radius 2 is 1.68 bits per heavy atom. The van der Waals surface area contributed by atoms with E-state index in [-0.39, 0.29) is 0 Å². The molecule has 0 aliphatic rings. The third-order valence-corrected chi connectivity index (χ3v) is 4.99. The first-order valence-electron chi connectivity index (χ1n) is 8.84. The third-order valence-electron chi connectivity index (χ3n) is 4.99. The van der Waals surface area contributed by atoms with E-state index in [1.54, 1.807) is 0 Å². The van der Waals surface area contributed by atoms with Gasteiger partial charge in [0.15, 0.2) is 5.52 Å². The first-order valence-corrected chi connectivity index (χ1v) is 8.84. The molecule has 4 aromatic rings. The summed E-state index contributed by atoms with van der Waals surface area (Å²) in [6.07, 6.45) is 2.19. The van der Waals surface area contributed by atoms with Crippen molar-refractivity contribution >= 4 is 21.7 Å². The molecule has 2 nitrogen and oxygen atoms in total. The van der Waals surface area contributed by atoms with Crippen LogP contribution in [0.25, 0.3) is 33.1 Å². The zero-order chi connectivity index (χ0) is 17.6. The molecule has 1 aromatic heterocycles. The van der Waals surface area contributed by atoms with Gasteiger partial charge in [0.2, 0.25) is 0 Å². The number of aryl methyl sites for hydroxylation is 2. The largest absolute Gasteiger partial charge is 0.331 e. The predicted octanol–water partition coefficient (Wildman–Crippen LogP) is 5.31. The molecule has 1 heterocycles. The summed E-state index contributed by atoms with van der Waals surface area (Å²) in [4.78, 5) is 5.10. The molecule has 0 aliphatic heterocycles. The molecular formula is C23H23N2+. The van der Waals surface area contributed by atoms with E-state index in [1.807, 2.05) is 0 Å². The zero-order valence-corrected chi connectivity index (χ0v) is 15.2. The number of fused-ring (bicyclic) bond motifs is 3. The van der Waals surface area contributed by atoms with Crippen molar-refractivity contribution in [2.24, 2.45) is 7.05 Å². The van der Waals surface area contributed by atoms with Crippen LogP contribution in [0.3, 0.4) is 0 Å². The lowest BCUT2D eigenvalue weighted by Crippen LogP contribution is -2.32. The second kappa shape index (κ2) is 5.96. The molecule has 0 bridgehead atoms. The maximum Gasteiger partial charge on any atom is 0.331 e. The Bertz CT molecular complexity index is 1090. The minimum atomic E-state index is 0.497. The second-order valence-electron chi connectivity index (χ2n) is 7.09. The number of benzene rings is 3. The van der Waals surface area contributed by atoms with Crippen molar-refractivity contribution in [2.75, 3.05) is 0 Å². The molecule has 0 radical (unpaired) electrons. The van der Waals surface area contributed by atoms with E-state index in [2.05, 4.69) is 93.2 Å². The van der Waals surface area contributed by atoms with Gasteiger partial charge >= 0.3 is 5.82 Å². The summed E-state index contributed by atoms with van der Waals surface area (Å²) in [7, 11) is 2.07. The van der Waals surface area contributed by atoms with Crippen LogP contribution in [0.4, 0.5) is 0 Å². The Labute approximate surface area is 148 Å². The van der Waals surface area contributed by atoms with Gasteiger partial charge in [-0.3, -0.25) is 0 Å². The lowest BCUT2D eigenvalue weighted by Gasteiger charge is -2.10. The molecule has 3 aromatic carbocycles. The van der Waals surface area contributed by atoms with E-state index in [0.29, 0.717) is 5.92 Å². The van der Waals surface area contributed by atoms with Crippen molar-refractivity contribution in [3.8, 4) is 11.4 Å². The standard InChI is InChI=1S/C23H23N2/c1-15(2)18-10-7-11-21-20(18)13-12-17-14-25(4)23(24-22(17)21)19-9-6-5-8-16(19)3/h5-15H,1-4H3/q+1. The van der Waals surface area contributed by atoms with Crippen molar-refractivity contribution in [1.29, 1.82) is 0 Å². The van der Waals surface area contributed by atoms with E-state index < -0.39 is 0 Å². The fourth-order valence-corrected chi connectivity index (χ4v) is 3.64. The van der Waals surface area contributed by atoms with Crippen LogP contribution in [0.5, 0.6) is 0 Å². The molecule has 0 amide bonds. The van der Waals surface area contributed by atoms with E-state index in [1.165, 1.54) is 32.8 Å². The highest BCUT2D eigenvalue weighted by molar-refractivity contribution is 6.06. The van der Waals surface area contributed by atoms with Crippen molar-refractivity contribution < 1.29 is 4.57 Å². The van der Waals surface area contributed by atoms with Crippen LogP contribution in [-0.4, -0.2) is 4.98 Å². The summed E-state index contributed by atoms with van der Waals surface area (Å²) >= 11 is 0. The predicted molar refractivity (Wildman–Crippen MR) is 105 cm³/mol. The molecule has 25 heavy (non-hydrogen) atoms. The van der Waals surface area contributed by atoms with Gasteiger partial charge in [0, 0.05) is 5.39 Å². The van der Waals surface area contributed by atoms with Crippen LogP contribution >= 0.6 is 0 Å². The number of hydrogen-bond donors (Lipinski definition) is 0. The lowest BCUT2D eigenvalue weighted by atomic mass is 9.95. The summed E-state index contributed by atoms with van der Waals surface area (Å²) in [6.45, 7) is 6.63. The Balaban J connectivity index is 2.08. The fourth-order valence-electron chi connectivity index (χ4n) is 3.64. The van der Waals surface area contributed by atoms with Crippen molar-refractivity contribution in [2.45, 2.75) is 26.7 Å². The molecular weight excluding hydrogens is 304 g/mol. The van der Waals surface area contributed by atoms with E-state index >= 15 is 0 Å². The van der Waals surface area contributed by atoms with Gasteiger partial charge in [-0.1, -0.05) is 50.2 Å². The lowest BCUT2D eigenvalue weighted by molar-refractivity contribution is -0.661. The normalized spacial score (nSPS) is 11.6. The molecule has 0 spiro atoms. The highest BCUT2D eigenvalue weighted by Gasteiger charge is 2.19. The fraction of sp³-hybridized carbons (Fsp3) is 0.217. The van der Waals surface area contributed by atoms with Gasteiger partial charge < -0.3 is 0 Å². The van der Waals surface area contributed by atoms with Crippen molar-refractivity contribution in [1.82, 2.24) is 4.98 Å². The van der Waals surface area contributed by atoms with Crippen LogP contribution in [0, 0.1) is 6.92 Å². The third kappa shape index (κ3) is 2.58. The van der Waals surface area contributed by atoms with Crippen molar-refractivity contribution in [3.05, 3.63) is 71.9 Å². The Morgan fingerprint density at radius 3 is 2.44 bits per heavy atom.